The highest BCUT2D eigenvalue weighted by Gasteiger charge is 2.30. The molecule has 0 bridgehead atoms. The topological polar surface area (TPSA) is 55.9 Å². The first kappa shape index (κ1) is 19.1. The summed E-state index contributed by atoms with van der Waals surface area (Å²) < 4.78 is 0. The van der Waals surface area contributed by atoms with Crippen LogP contribution in [0.2, 0.25) is 0 Å². The van der Waals surface area contributed by atoms with Gasteiger partial charge in [0, 0.05) is 13.1 Å². The minimum absolute atomic E-state index is 0. The normalized spacial score (nSPS) is 18.6. The molecule has 116 valence electrons. The largest absolute Gasteiger partial charge is 0.336 e. The van der Waals surface area contributed by atoms with Crippen LogP contribution >= 0.6 is 24.8 Å². The van der Waals surface area contributed by atoms with Crippen molar-refractivity contribution in [2.24, 2.45) is 20.2 Å². The van der Waals surface area contributed by atoms with Gasteiger partial charge in [0.1, 0.15) is 11.3 Å². The van der Waals surface area contributed by atoms with Crippen molar-refractivity contribution in [3.05, 3.63) is 0 Å². The van der Waals surface area contributed by atoms with Gasteiger partial charge in [-0.2, -0.15) is 10.2 Å². The SMILES string of the molecule is CC(C)(/N=N/C(C)(C)N1C=NCC1)N1C=NCC1.Cl.Cl. The van der Waals surface area contributed by atoms with E-state index in [2.05, 4.69) is 57.7 Å². The third-order valence-electron chi connectivity index (χ3n) is 3.33. The first-order valence-electron chi connectivity index (χ1n) is 6.39. The molecule has 0 aromatic carbocycles. The van der Waals surface area contributed by atoms with Gasteiger partial charge in [0.25, 0.3) is 0 Å². The van der Waals surface area contributed by atoms with Crippen LogP contribution in [0.25, 0.3) is 0 Å². The second-order valence-electron chi connectivity index (χ2n) is 5.62. The van der Waals surface area contributed by atoms with Gasteiger partial charge < -0.3 is 9.80 Å². The molecule has 0 aromatic heterocycles. The lowest BCUT2D eigenvalue weighted by Gasteiger charge is -2.33. The summed E-state index contributed by atoms with van der Waals surface area (Å²) >= 11 is 0. The van der Waals surface area contributed by atoms with Crippen LogP contribution in [0.5, 0.6) is 0 Å². The van der Waals surface area contributed by atoms with Crippen molar-refractivity contribution in [3.8, 4) is 0 Å². The van der Waals surface area contributed by atoms with E-state index in [1.807, 2.05) is 12.7 Å². The molecule has 0 radical (unpaired) electrons. The molecular weight excluding hydrogens is 299 g/mol. The molecule has 0 spiro atoms. The Bertz CT molecular complexity index is 355. The highest BCUT2D eigenvalue weighted by Crippen LogP contribution is 2.22. The van der Waals surface area contributed by atoms with Gasteiger partial charge in [-0.15, -0.1) is 24.8 Å². The third-order valence-corrected chi connectivity index (χ3v) is 3.33. The average Bonchev–Trinajstić information content (AvgIpc) is 2.99. The van der Waals surface area contributed by atoms with Crippen LogP contribution in [0.4, 0.5) is 0 Å². The molecular formula is C12H24Cl2N6. The molecule has 2 aliphatic heterocycles. The summed E-state index contributed by atoms with van der Waals surface area (Å²) in [6.45, 7) is 11.8. The number of aliphatic imine (C=N–C) groups is 2. The van der Waals surface area contributed by atoms with E-state index in [0.717, 1.165) is 26.2 Å². The lowest BCUT2D eigenvalue weighted by Crippen LogP contribution is -2.43. The van der Waals surface area contributed by atoms with Gasteiger partial charge in [0.05, 0.1) is 25.8 Å². The molecule has 0 N–H and O–H groups in total. The smallest absolute Gasteiger partial charge is 0.147 e. The second-order valence-corrected chi connectivity index (χ2v) is 5.62. The molecule has 0 amide bonds. The van der Waals surface area contributed by atoms with Crippen molar-refractivity contribution < 1.29 is 0 Å². The Morgan fingerprint density at radius 1 is 0.800 bits per heavy atom. The fourth-order valence-corrected chi connectivity index (χ4v) is 1.95. The fourth-order valence-electron chi connectivity index (χ4n) is 1.95. The second kappa shape index (κ2) is 7.22. The van der Waals surface area contributed by atoms with Gasteiger partial charge in [0.15, 0.2) is 0 Å². The van der Waals surface area contributed by atoms with Gasteiger partial charge >= 0.3 is 0 Å². The molecule has 0 saturated carbocycles. The zero-order chi connectivity index (χ0) is 13.2. The average molecular weight is 323 g/mol. The van der Waals surface area contributed by atoms with Crippen molar-refractivity contribution >= 4 is 37.5 Å². The van der Waals surface area contributed by atoms with Gasteiger partial charge in [-0.25, -0.2) is 0 Å². The zero-order valence-corrected chi connectivity index (χ0v) is 14.1. The van der Waals surface area contributed by atoms with E-state index in [4.69, 9.17) is 0 Å². The number of hydrogen-bond acceptors (Lipinski definition) is 6. The van der Waals surface area contributed by atoms with Gasteiger partial charge in [-0.1, -0.05) is 0 Å². The number of halogens is 2. The Balaban J connectivity index is 0.00000180. The van der Waals surface area contributed by atoms with Crippen LogP contribution in [0, 0.1) is 0 Å². The third kappa shape index (κ3) is 4.31. The summed E-state index contributed by atoms with van der Waals surface area (Å²) in [5.74, 6) is 0. The lowest BCUT2D eigenvalue weighted by atomic mass is 10.2. The summed E-state index contributed by atoms with van der Waals surface area (Å²) in [5.41, 5.74) is -0.678. The van der Waals surface area contributed by atoms with E-state index in [-0.39, 0.29) is 36.1 Å². The summed E-state index contributed by atoms with van der Waals surface area (Å²) in [4.78, 5) is 12.7. The van der Waals surface area contributed by atoms with Gasteiger partial charge in [0.2, 0.25) is 0 Å². The van der Waals surface area contributed by atoms with Crippen molar-refractivity contribution in [3.63, 3.8) is 0 Å². The molecule has 0 atom stereocenters. The minimum atomic E-state index is -0.339. The Labute approximate surface area is 133 Å². The quantitative estimate of drug-likeness (QED) is 0.746. The minimum Gasteiger partial charge on any atom is -0.336 e. The van der Waals surface area contributed by atoms with Gasteiger partial charge in [-0.05, 0) is 27.7 Å². The highest BCUT2D eigenvalue weighted by molar-refractivity contribution is 5.85. The summed E-state index contributed by atoms with van der Waals surface area (Å²) in [5, 5.41) is 9.02. The van der Waals surface area contributed by atoms with Crippen LogP contribution in [-0.2, 0) is 0 Å². The van der Waals surface area contributed by atoms with E-state index in [1.54, 1.807) is 0 Å². The predicted molar refractivity (Wildman–Crippen MR) is 87.6 cm³/mol. The maximum Gasteiger partial charge on any atom is 0.147 e. The van der Waals surface area contributed by atoms with Crippen molar-refractivity contribution in [1.29, 1.82) is 0 Å². The molecule has 0 aromatic rings. The zero-order valence-electron chi connectivity index (χ0n) is 12.5. The Hall–Kier alpha value is -0.880. The summed E-state index contributed by atoms with van der Waals surface area (Å²) in [6, 6.07) is 0. The van der Waals surface area contributed by atoms with Crippen LogP contribution in [0.1, 0.15) is 27.7 Å². The predicted octanol–water partition coefficient (Wildman–Crippen LogP) is 2.44. The molecule has 20 heavy (non-hydrogen) atoms. The first-order chi connectivity index (χ1) is 8.42. The molecule has 6 nitrogen and oxygen atoms in total. The maximum atomic E-state index is 4.51. The van der Waals surface area contributed by atoms with Crippen molar-refractivity contribution in [1.82, 2.24) is 9.80 Å². The molecule has 0 saturated heterocycles. The van der Waals surface area contributed by atoms with E-state index >= 15 is 0 Å². The molecule has 8 heteroatoms. The Morgan fingerprint density at radius 2 is 1.15 bits per heavy atom. The standard InChI is InChI=1S/C12H22N6.2ClH/c1-11(2,17-7-5-13-9-17)15-16-12(3,4)18-8-6-14-10-18;;/h9-10H,5-8H2,1-4H3;2*1H/b16-15+;;. The van der Waals surface area contributed by atoms with E-state index < -0.39 is 0 Å². The monoisotopic (exact) mass is 322 g/mol. The van der Waals surface area contributed by atoms with Crippen molar-refractivity contribution in [2.75, 3.05) is 26.2 Å². The van der Waals surface area contributed by atoms with Crippen LogP contribution < -0.4 is 0 Å². The molecule has 0 fully saturated rings. The fraction of sp³-hybridized carbons (Fsp3) is 0.833. The molecule has 2 heterocycles. The van der Waals surface area contributed by atoms with E-state index in [0.29, 0.717) is 0 Å². The lowest BCUT2D eigenvalue weighted by molar-refractivity contribution is 0.192. The van der Waals surface area contributed by atoms with E-state index in [9.17, 15) is 0 Å². The van der Waals surface area contributed by atoms with E-state index in [1.165, 1.54) is 0 Å². The molecule has 2 aliphatic rings. The van der Waals surface area contributed by atoms with Crippen LogP contribution in [0.3, 0.4) is 0 Å². The maximum absolute atomic E-state index is 4.51. The molecule has 2 rings (SSSR count). The number of azo groups is 1. The number of rotatable bonds is 4. The Kier molecular flexibility index (Phi) is 6.90. The number of nitrogens with zero attached hydrogens (tertiary/aromatic N) is 6. The van der Waals surface area contributed by atoms with Crippen LogP contribution in [-0.4, -0.2) is 60.0 Å². The Morgan fingerprint density at radius 3 is 1.40 bits per heavy atom. The van der Waals surface area contributed by atoms with Gasteiger partial charge in [-0.3, -0.25) is 9.98 Å². The molecule has 0 aliphatic carbocycles. The van der Waals surface area contributed by atoms with Crippen molar-refractivity contribution in [2.45, 2.75) is 39.0 Å². The first-order valence-corrected chi connectivity index (χ1v) is 6.39. The summed E-state index contributed by atoms with van der Waals surface area (Å²) in [7, 11) is 0. The molecule has 0 unspecified atom stereocenters. The summed E-state index contributed by atoms with van der Waals surface area (Å²) in [6.07, 6.45) is 3.73. The number of hydrogen-bond donors (Lipinski definition) is 0. The highest BCUT2D eigenvalue weighted by atomic mass is 35.5. The van der Waals surface area contributed by atoms with Crippen LogP contribution in [0.15, 0.2) is 20.2 Å².